The molecule has 1 heterocycles. The number of carbonyl (C=O) groups excluding carboxylic acids is 1. The Morgan fingerprint density at radius 1 is 1.09 bits per heavy atom. The number of para-hydroxylation sites is 1. The molecule has 4 heteroatoms. The summed E-state index contributed by atoms with van der Waals surface area (Å²) in [6.45, 7) is 2.60. The predicted molar refractivity (Wildman–Crippen MR) is 93.8 cm³/mol. The molecule has 2 N–H and O–H groups in total. The Balaban J connectivity index is 0.000000924. The minimum absolute atomic E-state index is 0.642. The highest BCUT2D eigenvalue weighted by Gasteiger charge is 2.07. The third kappa shape index (κ3) is 3.73. The number of fused-ring (bicyclic) bond motifs is 1. The lowest BCUT2D eigenvalue weighted by Crippen LogP contribution is -1.93. The topological polar surface area (TPSA) is 65.2 Å². The maximum absolute atomic E-state index is 11.3. The van der Waals surface area contributed by atoms with Gasteiger partial charge in [0.2, 0.25) is 0 Å². The van der Waals surface area contributed by atoms with Crippen LogP contribution in [0.5, 0.6) is 5.75 Å². The standard InChI is InChI=1S/C18H15NO2.CH5N/c1-2-21-15-9-7-13(8-10-15)18-11-14(12-20)16-5-3-4-6-17(16)19-18;1-2/h3-12H,2H2,1H3;2H2,1H3. The second-order valence-corrected chi connectivity index (χ2v) is 4.69. The number of aromatic nitrogens is 1. The van der Waals surface area contributed by atoms with Crippen molar-refractivity contribution in [2.75, 3.05) is 13.7 Å². The Hall–Kier alpha value is -2.72. The van der Waals surface area contributed by atoms with E-state index >= 15 is 0 Å². The van der Waals surface area contributed by atoms with Gasteiger partial charge in [-0.05, 0) is 50.4 Å². The summed E-state index contributed by atoms with van der Waals surface area (Å²) < 4.78 is 5.44. The fraction of sp³-hybridized carbons (Fsp3) is 0.158. The van der Waals surface area contributed by atoms with Crippen molar-refractivity contribution in [3.05, 3.63) is 60.2 Å². The summed E-state index contributed by atoms with van der Waals surface area (Å²) in [5, 5.41) is 0.877. The molecule has 3 rings (SSSR count). The molecular formula is C19H20N2O2. The van der Waals surface area contributed by atoms with Crippen LogP contribution >= 0.6 is 0 Å². The molecule has 0 spiro atoms. The van der Waals surface area contributed by atoms with E-state index in [2.05, 4.69) is 10.7 Å². The average Bonchev–Trinajstić information content (AvgIpc) is 2.63. The first-order valence-electron chi connectivity index (χ1n) is 7.47. The summed E-state index contributed by atoms with van der Waals surface area (Å²) in [7, 11) is 1.50. The second kappa shape index (κ2) is 8.06. The molecule has 0 amide bonds. The molecule has 0 saturated heterocycles. The molecule has 0 radical (unpaired) electrons. The van der Waals surface area contributed by atoms with Crippen LogP contribution in [0.4, 0.5) is 0 Å². The number of pyridine rings is 1. The van der Waals surface area contributed by atoms with Crippen molar-refractivity contribution in [1.29, 1.82) is 0 Å². The van der Waals surface area contributed by atoms with Crippen molar-refractivity contribution in [2.24, 2.45) is 5.73 Å². The highest BCUT2D eigenvalue weighted by Crippen LogP contribution is 2.25. The molecule has 0 atom stereocenters. The normalized spacial score (nSPS) is 9.87. The molecule has 3 aromatic rings. The fourth-order valence-electron chi connectivity index (χ4n) is 2.34. The summed E-state index contributed by atoms with van der Waals surface area (Å²) in [6, 6.07) is 17.2. The van der Waals surface area contributed by atoms with Crippen molar-refractivity contribution in [2.45, 2.75) is 6.92 Å². The summed E-state index contributed by atoms with van der Waals surface area (Å²) >= 11 is 0. The van der Waals surface area contributed by atoms with Gasteiger partial charge in [0, 0.05) is 16.5 Å². The summed E-state index contributed by atoms with van der Waals surface area (Å²) in [6.07, 6.45) is 0.877. The van der Waals surface area contributed by atoms with Crippen molar-refractivity contribution in [3.8, 4) is 17.0 Å². The number of aldehydes is 1. The highest BCUT2D eigenvalue weighted by molar-refractivity contribution is 5.98. The van der Waals surface area contributed by atoms with E-state index in [-0.39, 0.29) is 0 Å². The van der Waals surface area contributed by atoms with E-state index in [0.29, 0.717) is 12.2 Å². The summed E-state index contributed by atoms with van der Waals surface area (Å²) in [5.74, 6) is 0.831. The lowest BCUT2D eigenvalue weighted by molar-refractivity contribution is 0.112. The number of nitrogens with two attached hydrogens (primary N) is 1. The number of carbonyl (C=O) groups is 1. The van der Waals surface area contributed by atoms with Gasteiger partial charge in [0.25, 0.3) is 0 Å². The van der Waals surface area contributed by atoms with Crippen molar-refractivity contribution in [1.82, 2.24) is 4.98 Å². The Bertz CT molecular complexity index is 783. The van der Waals surface area contributed by atoms with E-state index in [1.807, 2.05) is 61.5 Å². The smallest absolute Gasteiger partial charge is 0.150 e. The number of nitrogens with zero attached hydrogens (tertiary/aromatic N) is 1. The maximum atomic E-state index is 11.3. The van der Waals surface area contributed by atoms with Gasteiger partial charge in [-0.15, -0.1) is 0 Å². The van der Waals surface area contributed by atoms with Gasteiger partial charge in [-0.3, -0.25) is 4.79 Å². The molecule has 0 aliphatic heterocycles. The molecule has 23 heavy (non-hydrogen) atoms. The van der Waals surface area contributed by atoms with Crippen LogP contribution < -0.4 is 10.5 Å². The molecule has 0 bridgehead atoms. The molecule has 4 nitrogen and oxygen atoms in total. The number of hydrogen-bond acceptors (Lipinski definition) is 4. The largest absolute Gasteiger partial charge is 0.494 e. The predicted octanol–water partition coefficient (Wildman–Crippen LogP) is 3.69. The Morgan fingerprint density at radius 3 is 2.43 bits per heavy atom. The van der Waals surface area contributed by atoms with Crippen LogP contribution in [-0.4, -0.2) is 24.9 Å². The van der Waals surface area contributed by atoms with Gasteiger partial charge in [0.05, 0.1) is 17.8 Å². The zero-order valence-corrected chi connectivity index (χ0v) is 13.3. The zero-order chi connectivity index (χ0) is 16.7. The highest BCUT2D eigenvalue weighted by atomic mass is 16.5. The second-order valence-electron chi connectivity index (χ2n) is 4.69. The number of ether oxygens (including phenoxy) is 1. The Kier molecular flexibility index (Phi) is 5.83. The van der Waals surface area contributed by atoms with E-state index in [0.717, 1.165) is 34.2 Å². The Morgan fingerprint density at radius 2 is 1.78 bits per heavy atom. The average molecular weight is 308 g/mol. The number of rotatable bonds is 4. The first kappa shape index (κ1) is 16.6. The third-order valence-corrected chi connectivity index (χ3v) is 3.34. The van der Waals surface area contributed by atoms with Crippen LogP contribution in [0.1, 0.15) is 17.3 Å². The van der Waals surface area contributed by atoms with Crippen LogP contribution in [0.3, 0.4) is 0 Å². The van der Waals surface area contributed by atoms with Crippen LogP contribution in [0.2, 0.25) is 0 Å². The van der Waals surface area contributed by atoms with Gasteiger partial charge in [0.1, 0.15) is 5.75 Å². The SMILES string of the molecule is CCOc1ccc(-c2cc(C=O)c3ccccc3n2)cc1.CN. The zero-order valence-electron chi connectivity index (χ0n) is 13.3. The van der Waals surface area contributed by atoms with E-state index < -0.39 is 0 Å². The molecule has 0 fully saturated rings. The van der Waals surface area contributed by atoms with Crippen LogP contribution in [0, 0.1) is 0 Å². The lowest BCUT2D eigenvalue weighted by Gasteiger charge is -2.07. The first-order chi connectivity index (χ1) is 11.3. The molecule has 0 aliphatic rings. The molecule has 118 valence electrons. The van der Waals surface area contributed by atoms with Gasteiger partial charge in [-0.1, -0.05) is 18.2 Å². The summed E-state index contributed by atoms with van der Waals surface area (Å²) in [5.41, 5.74) is 7.74. The summed E-state index contributed by atoms with van der Waals surface area (Å²) in [4.78, 5) is 15.9. The molecule has 0 saturated carbocycles. The van der Waals surface area contributed by atoms with E-state index in [1.54, 1.807) is 0 Å². The van der Waals surface area contributed by atoms with Crippen molar-refractivity contribution < 1.29 is 9.53 Å². The minimum Gasteiger partial charge on any atom is -0.494 e. The molecule has 2 aromatic carbocycles. The van der Waals surface area contributed by atoms with E-state index in [1.165, 1.54) is 7.05 Å². The molecule has 0 unspecified atom stereocenters. The fourth-order valence-corrected chi connectivity index (χ4v) is 2.34. The van der Waals surface area contributed by atoms with Crippen molar-refractivity contribution >= 4 is 17.2 Å². The lowest BCUT2D eigenvalue weighted by atomic mass is 10.0. The maximum Gasteiger partial charge on any atom is 0.150 e. The number of benzene rings is 2. The quantitative estimate of drug-likeness (QED) is 0.747. The molecular weight excluding hydrogens is 288 g/mol. The van der Waals surface area contributed by atoms with Gasteiger partial charge >= 0.3 is 0 Å². The van der Waals surface area contributed by atoms with E-state index in [4.69, 9.17) is 4.74 Å². The van der Waals surface area contributed by atoms with Gasteiger partial charge in [-0.2, -0.15) is 0 Å². The molecule has 0 aliphatic carbocycles. The third-order valence-electron chi connectivity index (χ3n) is 3.34. The van der Waals surface area contributed by atoms with E-state index in [9.17, 15) is 4.79 Å². The van der Waals surface area contributed by atoms with Crippen LogP contribution in [0.25, 0.3) is 22.2 Å². The van der Waals surface area contributed by atoms with Gasteiger partial charge in [0.15, 0.2) is 6.29 Å². The number of hydrogen-bond donors (Lipinski definition) is 1. The van der Waals surface area contributed by atoms with Gasteiger partial charge < -0.3 is 10.5 Å². The first-order valence-corrected chi connectivity index (χ1v) is 7.47. The molecule has 1 aromatic heterocycles. The van der Waals surface area contributed by atoms with Crippen molar-refractivity contribution in [3.63, 3.8) is 0 Å². The minimum atomic E-state index is 0.642. The monoisotopic (exact) mass is 308 g/mol. The van der Waals surface area contributed by atoms with Crippen LogP contribution in [-0.2, 0) is 0 Å². The Labute approximate surface area is 135 Å². The van der Waals surface area contributed by atoms with Gasteiger partial charge in [-0.25, -0.2) is 4.98 Å². The van der Waals surface area contributed by atoms with Crippen LogP contribution in [0.15, 0.2) is 54.6 Å².